The fraction of sp³-hybridized carbons (Fsp3) is 0.312. The molecule has 1 heterocycles. The van der Waals surface area contributed by atoms with Crippen LogP contribution in [0.4, 0.5) is 0 Å². The Hall–Kier alpha value is -1.91. The van der Waals surface area contributed by atoms with Crippen LogP contribution in [0, 0.1) is 26.6 Å². The summed E-state index contributed by atoms with van der Waals surface area (Å²) in [6, 6.07) is 11.2. The van der Waals surface area contributed by atoms with Gasteiger partial charge in [0.15, 0.2) is 8.29 Å². The molecule has 0 bridgehead atoms. The van der Waals surface area contributed by atoms with E-state index in [2.05, 4.69) is 5.10 Å². The van der Waals surface area contributed by atoms with Crippen LogP contribution in [0.25, 0.3) is 5.69 Å². The van der Waals surface area contributed by atoms with Gasteiger partial charge in [0, 0.05) is 18.1 Å². The second-order valence-electron chi connectivity index (χ2n) is 5.01. The summed E-state index contributed by atoms with van der Waals surface area (Å²) in [6.45, 7) is 0.652. The Morgan fingerprint density at radius 1 is 1.27 bits per heavy atom. The maximum absolute atomic E-state index is 12.3. The van der Waals surface area contributed by atoms with Crippen LogP contribution < -0.4 is 0 Å². The van der Waals surface area contributed by atoms with Crippen molar-refractivity contribution in [2.24, 2.45) is 0 Å². The van der Waals surface area contributed by atoms with Gasteiger partial charge in [-0.1, -0.05) is 34.7 Å². The van der Waals surface area contributed by atoms with Gasteiger partial charge in [-0.25, -0.2) is 4.68 Å². The van der Waals surface area contributed by atoms with Gasteiger partial charge in [0.1, 0.15) is 0 Å². The quantitative estimate of drug-likeness (QED) is 0.470. The average molecular weight is 424 g/mol. The fourth-order valence-corrected chi connectivity index (χ4v) is 4.40. The number of amides is 1. The summed E-state index contributed by atoms with van der Waals surface area (Å²) in [4.78, 5) is 13.9. The van der Waals surface area contributed by atoms with Crippen LogP contribution in [-0.2, 0) is 4.79 Å². The second-order valence-corrected chi connectivity index (χ2v) is 8.29. The molecule has 0 saturated heterocycles. The predicted octanol–water partition coefficient (Wildman–Crippen LogP) is 4.06. The van der Waals surface area contributed by atoms with E-state index in [1.165, 1.54) is 28.0 Å². The minimum Gasteiger partial charge on any atom is -0.340 e. The van der Waals surface area contributed by atoms with Crippen LogP contribution in [0.15, 0.2) is 28.6 Å². The van der Waals surface area contributed by atoms with Gasteiger partial charge < -0.3 is 4.90 Å². The average Bonchev–Trinajstić information content (AvgIpc) is 3.01. The molecular formula is C16H14ClN5OS3. The molecule has 0 unspecified atom stereocenters. The van der Waals surface area contributed by atoms with E-state index in [-0.39, 0.29) is 24.5 Å². The molecule has 2 rings (SSSR count). The van der Waals surface area contributed by atoms with Crippen LogP contribution in [0.5, 0.6) is 0 Å². The van der Waals surface area contributed by atoms with Gasteiger partial charge in [0.2, 0.25) is 5.91 Å². The van der Waals surface area contributed by atoms with Crippen LogP contribution in [0.3, 0.4) is 0 Å². The van der Waals surface area contributed by atoms with Gasteiger partial charge in [-0.05, 0) is 36.5 Å². The molecule has 0 aliphatic heterocycles. The first-order valence-corrected chi connectivity index (χ1v) is 10.1. The molecule has 1 aromatic carbocycles. The predicted molar refractivity (Wildman–Crippen MR) is 105 cm³/mol. The molecule has 0 aliphatic rings. The van der Waals surface area contributed by atoms with Gasteiger partial charge >= 0.3 is 0 Å². The van der Waals surface area contributed by atoms with Crippen molar-refractivity contribution in [3.63, 3.8) is 0 Å². The fourth-order valence-electron chi connectivity index (χ4n) is 2.01. The van der Waals surface area contributed by atoms with E-state index in [0.717, 1.165) is 5.69 Å². The Balaban J connectivity index is 2.02. The van der Waals surface area contributed by atoms with E-state index in [1.54, 1.807) is 16.8 Å². The molecule has 134 valence electrons. The summed E-state index contributed by atoms with van der Waals surface area (Å²) in [6.07, 6.45) is 0.484. The summed E-state index contributed by atoms with van der Waals surface area (Å²) in [5.74, 6) is 0.0550. The normalized spacial score (nSPS) is 10.1. The van der Waals surface area contributed by atoms with Crippen molar-refractivity contribution in [2.45, 2.75) is 17.2 Å². The van der Waals surface area contributed by atoms with Crippen molar-refractivity contribution in [3.8, 4) is 17.8 Å². The maximum atomic E-state index is 12.3. The van der Waals surface area contributed by atoms with Gasteiger partial charge in [0.25, 0.3) is 0 Å². The highest BCUT2D eigenvalue weighted by Gasteiger charge is 2.15. The molecule has 0 atom stereocenters. The maximum Gasteiger partial charge on any atom is 0.233 e. The largest absolute Gasteiger partial charge is 0.340 e. The lowest BCUT2D eigenvalue weighted by atomic mass is 10.3. The van der Waals surface area contributed by atoms with Crippen LogP contribution >= 0.6 is 46.9 Å². The first-order valence-electron chi connectivity index (χ1n) is 7.55. The number of rotatable bonds is 8. The highest BCUT2D eigenvalue weighted by atomic mass is 35.5. The van der Waals surface area contributed by atoms with E-state index in [4.69, 9.17) is 34.3 Å². The van der Waals surface area contributed by atoms with E-state index in [1.807, 2.05) is 24.3 Å². The van der Waals surface area contributed by atoms with Crippen LogP contribution in [0.1, 0.15) is 12.8 Å². The molecule has 0 radical (unpaired) electrons. The molecule has 0 spiro atoms. The second kappa shape index (κ2) is 10.3. The van der Waals surface area contributed by atoms with Crippen LogP contribution in [0.2, 0.25) is 5.02 Å². The molecule has 0 N–H and O–H groups in total. The van der Waals surface area contributed by atoms with Gasteiger partial charge in [0.05, 0.1) is 36.4 Å². The third-order valence-corrected chi connectivity index (χ3v) is 5.86. The minimum atomic E-state index is -0.125. The number of halogens is 1. The lowest BCUT2D eigenvalue weighted by Crippen LogP contribution is -2.34. The monoisotopic (exact) mass is 423 g/mol. The summed E-state index contributed by atoms with van der Waals surface area (Å²) in [7, 11) is 0. The lowest BCUT2D eigenvalue weighted by Gasteiger charge is -2.19. The van der Waals surface area contributed by atoms with Crippen molar-refractivity contribution in [1.82, 2.24) is 14.7 Å². The highest BCUT2D eigenvalue weighted by molar-refractivity contribution is 8.01. The smallest absolute Gasteiger partial charge is 0.233 e. The van der Waals surface area contributed by atoms with Crippen molar-refractivity contribution >= 4 is 52.8 Å². The molecule has 6 nitrogen and oxygen atoms in total. The molecule has 0 saturated carbocycles. The van der Waals surface area contributed by atoms with E-state index >= 15 is 0 Å². The molecule has 0 aliphatic carbocycles. The van der Waals surface area contributed by atoms with Crippen molar-refractivity contribution in [1.29, 1.82) is 10.5 Å². The molecule has 1 aromatic heterocycles. The third kappa shape index (κ3) is 5.82. The number of benzene rings is 1. The standard InChI is InChI=1S/C16H14ClN5OS3/c17-12-3-5-13(6-4-12)22-16(24)26-15(20-22)25-11-14(23)21(9-1-7-18)10-2-8-19/h3-6H,1-2,9-11H2. The number of hydrogen-bond acceptors (Lipinski definition) is 7. The summed E-state index contributed by atoms with van der Waals surface area (Å²) in [5.41, 5.74) is 0.804. The van der Waals surface area contributed by atoms with Gasteiger partial charge in [-0.2, -0.15) is 10.5 Å². The van der Waals surface area contributed by atoms with Crippen LogP contribution in [-0.4, -0.2) is 39.4 Å². The highest BCUT2D eigenvalue weighted by Crippen LogP contribution is 2.25. The molecular weight excluding hydrogens is 410 g/mol. The molecule has 26 heavy (non-hydrogen) atoms. The number of nitriles is 2. The number of hydrogen-bond donors (Lipinski definition) is 0. The summed E-state index contributed by atoms with van der Waals surface area (Å²) in [5, 5.41) is 22.5. The number of aromatic nitrogens is 2. The van der Waals surface area contributed by atoms with Crippen molar-refractivity contribution in [3.05, 3.63) is 33.2 Å². The summed E-state index contributed by atoms with van der Waals surface area (Å²) >= 11 is 13.8. The Labute approximate surface area is 169 Å². The topological polar surface area (TPSA) is 85.7 Å². The van der Waals surface area contributed by atoms with Gasteiger partial charge in [-0.3, -0.25) is 4.79 Å². The Kier molecular flexibility index (Phi) is 8.07. The first kappa shape index (κ1) is 20.4. The van der Waals surface area contributed by atoms with Gasteiger partial charge in [-0.15, -0.1) is 5.10 Å². The zero-order valence-corrected chi connectivity index (χ0v) is 16.8. The third-order valence-electron chi connectivity index (χ3n) is 3.26. The Morgan fingerprint density at radius 3 is 2.46 bits per heavy atom. The zero-order chi connectivity index (χ0) is 18.9. The number of nitrogens with zero attached hydrogens (tertiary/aromatic N) is 5. The lowest BCUT2D eigenvalue weighted by molar-refractivity contribution is -0.128. The summed E-state index contributed by atoms with van der Waals surface area (Å²) < 4.78 is 2.89. The van der Waals surface area contributed by atoms with E-state index in [0.29, 0.717) is 26.4 Å². The van der Waals surface area contributed by atoms with E-state index < -0.39 is 0 Å². The molecule has 1 amide bonds. The number of carbonyl (C=O) groups is 1. The molecule has 2 aromatic rings. The van der Waals surface area contributed by atoms with Crippen molar-refractivity contribution < 1.29 is 4.79 Å². The molecule has 0 fully saturated rings. The number of carbonyl (C=O) groups excluding carboxylic acids is 1. The first-order chi connectivity index (χ1) is 12.5. The number of thioether (sulfide) groups is 1. The van der Waals surface area contributed by atoms with E-state index in [9.17, 15) is 4.79 Å². The SMILES string of the molecule is N#CCCN(CCC#N)C(=O)CSc1nn(-c2ccc(Cl)cc2)c(=S)s1. The Morgan fingerprint density at radius 2 is 1.88 bits per heavy atom. The Bertz CT molecular complexity index is 876. The van der Waals surface area contributed by atoms with Crippen molar-refractivity contribution in [2.75, 3.05) is 18.8 Å². The zero-order valence-electron chi connectivity index (χ0n) is 13.6. The molecule has 10 heteroatoms. The minimum absolute atomic E-state index is 0.125.